The molecule has 0 radical (unpaired) electrons. The Balaban J connectivity index is 1.85. The van der Waals surface area contributed by atoms with Crippen LogP contribution >= 0.6 is 0 Å². The van der Waals surface area contributed by atoms with E-state index in [1.807, 2.05) is 0 Å². The van der Waals surface area contributed by atoms with Gasteiger partial charge in [-0.15, -0.1) is 0 Å². The summed E-state index contributed by atoms with van der Waals surface area (Å²) in [7, 11) is 0. The van der Waals surface area contributed by atoms with Crippen molar-refractivity contribution in [2.75, 3.05) is 6.61 Å². The fourth-order valence-electron chi connectivity index (χ4n) is 1.45. The lowest BCUT2D eigenvalue weighted by Gasteiger charge is -2.02. The van der Waals surface area contributed by atoms with Gasteiger partial charge in [0.15, 0.2) is 0 Å². The Kier molecular flexibility index (Phi) is 1.24. The van der Waals surface area contributed by atoms with Crippen LogP contribution in [-0.4, -0.2) is 24.9 Å². The maximum absolute atomic E-state index is 5.42. The van der Waals surface area contributed by atoms with E-state index in [9.17, 15) is 0 Å². The molecular weight excluding hydrogens is 116 g/mol. The molecule has 2 rings (SSSR count). The van der Waals surface area contributed by atoms with Gasteiger partial charge in [-0.3, -0.25) is 0 Å². The van der Waals surface area contributed by atoms with Gasteiger partial charge in [0.25, 0.3) is 0 Å². The second kappa shape index (κ2) is 1.96. The molecule has 0 aromatic carbocycles. The molecule has 52 valence electrons. The third-order valence-corrected chi connectivity index (χ3v) is 2.09. The first-order valence-corrected chi connectivity index (χ1v) is 3.65. The number of hydrogen-bond donors (Lipinski definition) is 0. The van der Waals surface area contributed by atoms with Crippen molar-refractivity contribution in [1.29, 1.82) is 0 Å². The number of hydrogen-bond acceptors (Lipinski definition) is 2. The van der Waals surface area contributed by atoms with Crippen molar-refractivity contribution in [2.24, 2.45) is 0 Å². The van der Waals surface area contributed by atoms with Crippen LogP contribution in [-0.2, 0) is 9.47 Å². The molecule has 9 heavy (non-hydrogen) atoms. The zero-order valence-corrected chi connectivity index (χ0v) is 5.67. The second-order valence-corrected chi connectivity index (χ2v) is 2.86. The molecule has 0 N–H and O–H groups in total. The van der Waals surface area contributed by atoms with Gasteiger partial charge in [0, 0.05) is 6.61 Å². The Labute approximate surface area is 55.1 Å². The summed E-state index contributed by atoms with van der Waals surface area (Å²) in [5.41, 5.74) is 0. The molecule has 2 aliphatic heterocycles. The van der Waals surface area contributed by atoms with Crippen molar-refractivity contribution >= 4 is 0 Å². The van der Waals surface area contributed by atoms with Gasteiger partial charge in [-0.25, -0.2) is 0 Å². The molecule has 2 unspecified atom stereocenters. The summed E-state index contributed by atoms with van der Waals surface area (Å²) < 4.78 is 10.7. The highest BCUT2D eigenvalue weighted by Crippen LogP contribution is 2.31. The Hall–Kier alpha value is -0.0800. The normalized spacial score (nSPS) is 49.7. The smallest absolute Gasteiger partial charge is 0.110 e. The van der Waals surface area contributed by atoms with Crippen molar-refractivity contribution in [1.82, 2.24) is 0 Å². The zero-order valence-electron chi connectivity index (χ0n) is 5.67. The summed E-state index contributed by atoms with van der Waals surface area (Å²) in [6.07, 6.45) is 3.76. The minimum Gasteiger partial charge on any atom is -0.375 e. The minimum absolute atomic E-state index is 0.431. The van der Waals surface area contributed by atoms with Crippen LogP contribution in [0.15, 0.2) is 0 Å². The molecule has 0 amide bonds. The van der Waals surface area contributed by atoms with Crippen molar-refractivity contribution < 1.29 is 9.47 Å². The van der Waals surface area contributed by atoms with Crippen molar-refractivity contribution in [3.63, 3.8) is 0 Å². The molecule has 2 aliphatic rings. The standard InChI is InChI=1S/C7H12O2/c1-5-7(9-5)6-3-2-4-8-6/h5-7H,2-4H2,1H3/t5?,6-,7?/m1/s1. The van der Waals surface area contributed by atoms with E-state index < -0.39 is 0 Å². The third kappa shape index (κ3) is 0.970. The van der Waals surface area contributed by atoms with Crippen LogP contribution in [0.5, 0.6) is 0 Å². The molecule has 0 aromatic rings. The van der Waals surface area contributed by atoms with Crippen molar-refractivity contribution in [2.45, 2.75) is 38.1 Å². The van der Waals surface area contributed by atoms with E-state index in [4.69, 9.17) is 9.47 Å². The van der Waals surface area contributed by atoms with Crippen LogP contribution < -0.4 is 0 Å². The summed E-state index contributed by atoms with van der Waals surface area (Å²) in [5.74, 6) is 0. The van der Waals surface area contributed by atoms with Crippen LogP contribution in [0.4, 0.5) is 0 Å². The predicted octanol–water partition coefficient (Wildman–Crippen LogP) is 0.953. The Morgan fingerprint density at radius 1 is 1.44 bits per heavy atom. The lowest BCUT2D eigenvalue weighted by atomic mass is 10.1. The summed E-state index contributed by atoms with van der Waals surface area (Å²) in [5, 5.41) is 0. The quantitative estimate of drug-likeness (QED) is 0.490. The largest absolute Gasteiger partial charge is 0.375 e. The van der Waals surface area contributed by atoms with E-state index in [0.717, 1.165) is 6.61 Å². The van der Waals surface area contributed by atoms with Gasteiger partial charge in [-0.2, -0.15) is 0 Å². The van der Waals surface area contributed by atoms with E-state index in [1.54, 1.807) is 0 Å². The molecule has 2 heterocycles. The average molecular weight is 128 g/mol. The molecule has 0 saturated carbocycles. The summed E-state index contributed by atoms with van der Waals surface area (Å²) >= 11 is 0. The predicted molar refractivity (Wildman–Crippen MR) is 33.3 cm³/mol. The van der Waals surface area contributed by atoms with Crippen molar-refractivity contribution in [3.05, 3.63) is 0 Å². The van der Waals surface area contributed by atoms with E-state index >= 15 is 0 Å². The number of rotatable bonds is 1. The van der Waals surface area contributed by atoms with E-state index in [2.05, 4.69) is 6.92 Å². The summed E-state index contributed by atoms with van der Waals surface area (Å²) in [4.78, 5) is 0. The molecule has 2 saturated heterocycles. The van der Waals surface area contributed by atoms with E-state index in [0.29, 0.717) is 18.3 Å². The first-order valence-electron chi connectivity index (χ1n) is 3.65. The molecule has 0 spiro atoms. The molecule has 3 atom stereocenters. The van der Waals surface area contributed by atoms with Crippen LogP contribution in [0.25, 0.3) is 0 Å². The molecule has 0 aromatic heterocycles. The van der Waals surface area contributed by atoms with Gasteiger partial charge in [0.05, 0.1) is 12.2 Å². The second-order valence-electron chi connectivity index (χ2n) is 2.86. The van der Waals surface area contributed by atoms with Gasteiger partial charge in [-0.05, 0) is 19.8 Å². The fraction of sp³-hybridized carbons (Fsp3) is 1.00. The van der Waals surface area contributed by atoms with Crippen molar-refractivity contribution in [3.8, 4) is 0 Å². The number of ether oxygens (including phenoxy) is 2. The molecule has 0 aliphatic carbocycles. The SMILES string of the molecule is CC1OC1[C@H]1CCCO1. The Morgan fingerprint density at radius 3 is 2.67 bits per heavy atom. The molecule has 0 bridgehead atoms. The van der Waals surface area contributed by atoms with Crippen LogP contribution in [0.2, 0.25) is 0 Å². The lowest BCUT2D eigenvalue weighted by Crippen LogP contribution is -2.14. The van der Waals surface area contributed by atoms with Gasteiger partial charge >= 0.3 is 0 Å². The zero-order chi connectivity index (χ0) is 6.27. The first kappa shape index (κ1) is 5.69. The Morgan fingerprint density at radius 2 is 2.22 bits per heavy atom. The monoisotopic (exact) mass is 128 g/mol. The minimum atomic E-state index is 0.431. The maximum Gasteiger partial charge on any atom is 0.110 e. The first-order chi connectivity index (χ1) is 4.38. The Bertz CT molecular complexity index is 107. The fourth-order valence-corrected chi connectivity index (χ4v) is 1.45. The highest BCUT2D eigenvalue weighted by Gasteiger charge is 2.43. The van der Waals surface area contributed by atoms with E-state index in [1.165, 1.54) is 12.8 Å². The third-order valence-electron chi connectivity index (χ3n) is 2.09. The molecule has 2 fully saturated rings. The van der Waals surface area contributed by atoms with Gasteiger partial charge in [-0.1, -0.05) is 0 Å². The van der Waals surface area contributed by atoms with Gasteiger partial charge in [0.2, 0.25) is 0 Å². The molecule has 2 heteroatoms. The van der Waals surface area contributed by atoms with E-state index in [-0.39, 0.29) is 0 Å². The topological polar surface area (TPSA) is 21.8 Å². The highest BCUT2D eigenvalue weighted by molar-refractivity contribution is 4.89. The maximum atomic E-state index is 5.42. The van der Waals surface area contributed by atoms with Crippen LogP contribution in [0, 0.1) is 0 Å². The highest BCUT2D eigenvalue weighted by atomic mass is 16.6. The molecular formula is C7H12O2. The van der Waals surface area contributed by atoms with Gasteiger partial charge in [0.1, 0.15) is 6.10 Å². The summed E-state index contributed by atoms with van der Waals surface area (Å²) in [6.45, 7) is 3.05. The average Bonchev–Trinajstić information content (AvgIpc) is 2.44. The van der Waals surface area contributed by atoms with Crippen LogP contribution in [0.3, 0.4) is 0 Å². The lowest BCUT2D eigenvalue weighted by molar-refractivity contribution is 0.0858. The van der Waals surface area contributed by atoms with Gasteiger partial charge < -0.3 is 9.47 Å². The molecule has 2 nitrogen and oxygen atoms in total. The van der Waals surface area contributed by atoms with Crippen LogP contribution in [0.1, 0.15) is 19.8 Å². The number of epoxide rings is 1. The summed E-state index contributed by atoms with van der Waals surface area (Å²) in [6, 6.07) is 0.